The maximum absolute atomic E-state index is 13.1. The fraction of sp³-hybridized carbons (Fsp3) is 0.269. The third kappa shape index (κ3) is 6.91. The Balaban J connectivity index is 1.45. The topological polar surface area (TPSA) is 62.7 Å². The second kappa shape index (κ2) is 11.6. The Labute approximate surface area is 198 Å². The zero-order valence-corrected chi connectivity index (χ0v) is 19.2. The molecule has 0 unspecified atom stereocenters. The SMILES string of the molecule is O=C(CSc1ccccc1)N1CC(=O)N(Cc2ccccc2)C[C@@H](OCc2ccccn2)C1. The fourth-order valence-electron chi connectivity index (χ4n) is 3.67. The van der Waals surface area contributed by atoms with Crippen molar-refractivity contribution in [3.05, 3.63) is 96.3 Å². The molecule has 3 aromatic rings. The molecular formula is C26H27N3O3S. The summed E-state index contributed by atoms with van der Waals surface area (Å²) in [5.74, 6) is 0.147. The van der Waals surface area contributed by atoms with Crippen molar-refractivity contribution in [2.45, 2.75) is 24.2 Å². The number of nitrogens with zero attached hydrogens (tertiary/aromatic N) is 3. The summed E-state index contributed by atoms with van der Waals surface area (Å²) in [7, 11) is 0. The largest absolute Gasteiger partial charge is 0.368 e. The van der Waals surface area contributed by atoms with Gasteiger partial charge in [0.25, 0.3) is 0 Å². The smallest absolute Gasteiger partial charge is 0.242 e. The average Bonchev–Trinajstić information content (AvgIpc) is 3.02. The summed E-state index contributed by atoms with van der Waals surface area (Å²) in [6.45, 7) is 1.68. The second-order valence-corrected chi connectivity index (χ2v) is 8.94. The molecule has 1 atom stereocenters. The van der Waals surface area contributed by atoms with E-state index in [4.69, 9.17) is 4.74 Å². The normalized spacial score (nSPS) is 16.5. The van der Waals surface area contributed by atoms with Gasteiger partial charge in [-0.3, -0.25) is 14.6 Å². The van der Waals surface area contributed by atoms with Gasteiger partial charge in [-0.05, 0) is 29.8 Å². The molecule has 7 heteroatoms. The van der Waals surface area contributed by atoms with E-state index in [-0.39, 0.29) is 30.2 Å². The van der Waals surface area contributed by atoms with Crippen molar-refractivity contribution in [3.63, 3.8) is 0 Å². The van der Waals surface area contributed by atoms with E-state index in [9.17, 15) is 9.59 Å². The molecule has 0 saturated carbocycles. The van der Waals surface area contributed by atoms with Crippen molar-refractivity contribution in [1.82, 2.24) is 14.8 Å². The van der Waals surface area contributed by atoms with Crippen LogP contribution < -0.4 is 0 Å². The number of hydrogen-bond donors (Lipinski definition) is 0. The number of pyridine rings is 1. The monoisotopic (exact) mass is 461 g/mol. The quantitative estimate of drug-likeness (QED) is 0.480. The van der Waals surface area contributed by atoms with Crippen LogP contribution >= 0.6 is 11.8 Å². The summed E-state index contributed by atoms with van der Waals surface area (Å²) in [6, 6.07) is 25.4. The van der Waals surface area contributed by atoms with Crippen LogP contribution in [0.4, 0.5) is 0 Å². The van der Waals surface area contributed by atoms with Crippen LogP contribution in [0.15, 0.2) is 90.0 Å². The average molecular weight is 462 g/mol. The number of ether oxygens (including phenoxy) is 1. The second-order valence-electron chi connectivity index (χ2n) is 7.89. The lowest BCUT2D eigenvalue weighted by molar-refractivity contribution is -0.137. The highest BCUT2D eigenvalue weighted by Crippen LogP contribution is 2.19. The van der Waals surface area contributed by atoms with Crippen LogP contribution in [-0.2, 0) is 27.5 Å². The highest BCUT2D eigenvalue weighted by molar-refractivity contribution is 8.00. The number of carbonyl (C=O) groups excluding carboxylic acids is 2. The van der Waals surface area contributed by atoms with Gasteiger partial charge in [0.1, 0.15) is 0 Å². The summed E-state index contributed by atoms with van der Waals surface area (Å²) in [5.41, 5.74) is 1.87. The van der Waals surface area contributed by atoms with Gasteiger partial charge >= 0.3 is 0 Å². The minimum absolute atomic E-state index is 0.0600. The first-order valence-electron chi connectivity index (χ1n) is 11.0. The van der Waals surface area contributed by atoms with Gasteiger partial charge in [0.15, 0.2) is 0 Å². The van der Waals surface area contributed by atoms with Crippen LogP contribution in [0.5, 0.6) is 0 Å². The molecule has 0 radical (unpaired) electrons. The molecule has 1 fully saturated rings. The number of hydrogen-bond acceptors (Lipinski definition) is 5. The van der Waals surface area contributed by atoms with E-state index in [0.717, 1.165) is 16.2 Å². The molecule has 0 bridgehead atoms. The highest BCUT2D eigenvalue weighted by Gasteiger charge is 2.31. The van der Waals surface area contributed by atoms with Gasteiger partial charge in [-0.2, -0.15) is 0 Å². The van der Waals surface area contributed by atoms with Crippen molar-refractivity contribution in [3.8, 4) is 0 Å². The summed E-state index contributed by atoms with van der Waals surface area (Å²) < 4.78 is 6.15. The standard InChI is InChI=1S/C26H27N3O3S/c30-25-18-29(26(31)20-33-24-12-5-2-6-13-24)17-23(32-19-22-11-7-8-14-27-22)16-28(25)15-21-9-3-1-4-10-21/h1-14,23H,15-20H2/t23-/m1/s1. The van der Waals surface area contributed by atoms with Crippen molar-refractivity contribution >= 4 is 23.6 Å². The van der Waals surface area contributed by atoms with E-state index in [1.54, 1.807) is 16.0 Å². The molecule has 33 heavy (non-hydrogen) atoms. The van der Waals surface area contributed by atoms with Crippen molar-refractivity contribution in [1.29, 1.82) is 0 Å². The Bertz CT molecular complexity index is 1030. The Hall–Kier alpha value is -3.16. The van der Waals surface area contributed by atoms with Crippen LogP contribution in [0.25, 0.3) is 0 Å². The molecule has 2 heterocycles. The van der Waals surface area contributed by atoms with Crippen LogP contribution in [0.3, 0.4) is 0 Å². The number of carbonyl (C=O) groups is 2. The van der Waals surface area contributed by atoms with Gasteiger partial charge in [-0.25, -0.2) is 0 Å². The minimum atomic E-state index is -0.298. The lowest BCUT2D eigenvalue weighted by Crippen LogP contribution is -2.40. The minimum Gasteiger partial charge on any atom is -0.368 e. The first kappa shape index (κ1) is 23.0. The fourth-order valence-corrected chi connectivity index (χ4v) is 4.49. The maximum atomic E-state index is 13.1. The summed E-state index contributed by atoms with van der Waals surface area (Å²) in [4.78, 5) is 34.9. The van der Waals surface area contributed by atoms with Gasteiger partial charge in [-0.15, -0.1) is 11.8 Å². The zero-order valence-electron chi connectivity index (χ0n) is 18.4. The van der Waals surface area contributed by atoms with Crippen LogP contribution in [-0.4, -0.2) is 58.1 Å². The molecule has 1 aliphatic rings. The van der Waals surface area contributed by atoms with Gasteiger partial charge in [-0.1, -0.05) is 54.6 Å². The molecule has 0 N–H and O–H groups in total. The maximum Gasteiger partial charge on any atom is 0.242 e. The molecule has 1 saturated heterocycles. The van der Waals surface area contributed by atoms with E-state index in [2.05, 4.69) is 4.98 Å². The first-order valence-corrected chi connectivity index (χ1v) is 11.9. The lowest BCUT2D eigenvalue weighted by Gasteiger charge is -2.25. The molecule has 170 valence electrons. The van der Waals surface area contributed by atoms with E-state index < -0.39 is 0 Å². The van der Waals surface area contributed by atoms with E-state index >= 15 is 0 Å². The molecule has 1 aromatic heterocycles. The molecule has 2 amide bonds. The molecule has 6 nitrogen and oxygen atoms in total. The van der Waals surface area contributed by atoms with Crippen LogP contribution in [0.1, 0.15) is 11.3 Å². The Kier molecular flexibility index (Phi) is 8.11. The first-order chi connectivity index (χ1) is 16.2. The number of rotatable bonds is 8. The lowest BCUT2D eigenvalue weighted by atomic mass is 10.2. The Morgan fingerprint density at radius 1 is 0.970 bits per heavy atom. The van der Waals surface area contributed by atoms with Crippen LogP contribution in [0, 0.1) is 0 Å². The van der Waals surface area contributed by atoms with E-state index in [1.807, 2.05) is 78.9 Å². The third-order valence-corrected chi connectivity index (χ3v) is 6.39. The Morgan fingerprint density at radius 2 is 1.70 bits per heavy atom. The number of benzene rings is 2. The van der Waals surface area contributed by atoms with E-state index in [0.29, 0.717) is 26.2 Å². The Morgan fingerprint density at radius 3 is 2.42 bits per heavy atom. The molecular weight excluding hydrogens is 434 g/mol. The third-order valence-electron chi connectivity index (χ3n) is 5.39. The molecule has 1 aliphatic heterocycles. The number of amides is 2. The highest BCUT2D eigenvalue weighted by atomic mass is 32.2. The summed E-state index contributed by atoms with van der Waals surface area (Å²) >= 11 is 1.48. The van der Waals surface area contributed by atoms with E-state index in [1.165, 1.54) is 11.8 Å². The molecule has 0 aliphatic carbocycles. The van der Waals surface area contributed by atoms with Crippen molar-refractivity contribution < 1.29 is 14.3 Å². The van der Waals surface area contributed by atoms with Crippen molar-refractivity contribution in [2.24, 2.45) is 0 Å². The van der Waals surface area contributed by atoms with Crippen molar-refractivity contribution in [2.75, 3.05) is 25.4 Å². The molecule has 0 spiro atoms. The zero-order chi connectivity index (χ0) is 22.9. The predicted octanol–water partition coefficient (Wildman–Crippen LogP) is 3.63. The van der Waals surface area contributed by atoms with Gasteiger partial charge < -0.3 is 14.5 Å². The van der Waals surface area contributed by atoms with Gasteiger partial charge in [0.2, 0.25) is 11.8 Å². The predicted molar refractivity (Wildman–Crippen MR) is 128 cm³/mol. The molecule has 2 aromatic carbocycles. The number of thioether (sulfide) groups is 1. The summed E-state index contributed by atoms with van der Waals surface area (Å²) in [6.07, 6.45) is 1.43. The molecule has 4 rings (SSSR count). The van der Waals surface area contributed by atoms with Gasteiger partial charge in [0, 0.05) is 30.7 Å². The van der Waals surface area contributed by atoms with Crippen LogP contribution in [0.2, 0.25) is 0 Å². The number of aromatic nitrogens is 1. The summed E-state index contributed by atoms with van der Waals surface area (Å²) in [5, 5.41) is 0. The van der Waals surface area contributed by atoms with Gasteiger partial charge in [0.05, 0.1) is 30.7 Å².